The number of hydrogen-bond donors (Lipinski definition) is 1. The van der Waals surface area contributed by atoms with Crippen LogP contribution in [-0.2, 0) is 14.3 Å². The Kier molecular flexibility index (Phi) is 6.04. The van der Waals surface area contributed by atoms with Crippen LogP contribution in [0.3, 0.4) is 0 Å². The number of ether oxygens (including phenoxy) is 2. The van der Waals surface area contributed by atoms with E-state index in [0.29, 0.717) is 0 Å². The Bertz CT molecular complexity index is 655. The number of carbonyl (C=O) groups is 2. The Balaban J connectivity index is 2.94. The van der Waals surface area contributed by atoms with Gasteiger partial charge in [-0.15, -0.1) is 0 Å². The summed E-state index contributed by atoms with van der Waals surface area (Å²) >= 11 is 0. The van der Waals surface area contributed by atoms with Gasteiger partial charge in [-0.05, 0) is 20.8 Å². The van der Waals surface area contributed by atoms with E-state index in [1.807, 2.05) is 0 Å². The van der Waals surface area contributed by atoms with Gasteiger partial charge in [0.25, 0.3) is 5.69 Å². The van der Waals surface area contributed by atoms with Crippen molar-refractivity contribution in [1.29, 1.82) is 0 Å². The van der Waals surface area contributed by atoms with E-state index in [1.54, 1.807) is 20.8 Å². The Morgan fingerprint density at radius 3 is 2.46 bits per heavy atom. The van der Waals surface area contributed by atoms with E-state index in [1.165, 1.54) is 0 Å². The second-order valence-electron chi connectivity index (χ2n) is 5.66. The van der Waals surface area contributed by atoms with Gasteiger partial charge in [0.1, 0.15) is 24.4 Å². The van der Waals surface area contributed by atoms with Crippen LogP contribution in [0, 0.1) is 15.9 Å². The maximum atomic E-state index is 13.8. The average molecular weight is 343 g/mol. The first kappa shape index (κ1) is 19.1. The molecule has 9 nitrogen and oxygen atoms in total. The zero-order valence-corrected chi connectivity index (χ0v) is 13.3. The van der Waals surface area contributed by atoms with E-state index >= 15 is 0 Å². The highest BCUT2D eigenvalue weighted by Gasteiger charge is 2.21. The van der Waals surface area contributed by atoms with Gasteiger partial charge in [-0.2, -0.15) is 0 Å². The lowest BCUT2D eigenvalue weighted by Gasteiger charge is -2.19. The van der Waals surface area contributed by atoms with Crippen molar-refractivity contribution in [2.45, 2.75) is 26.4 Å². The lowest BCUT2D eigenvalue weighted by atomic mass is 10.2. The van der Waals surface area contributed by atoms with E-state index < -0.39 is 52.9 Å². The van der Waals surface area contributed by atoms with Crippen molar-refractivity contribution in [3.05, 3.63) is 28.1 Å². The normalized spacial score (nSPS) is 10.8. The summed E-state index contributed by atoms with van der Waals surface area (Å²) in [5.74, 6) is -3.94. The number of rotatable bonds is 7. The van der Waals surface area contributed by atoms with Gasteiger partial charge in [0.2, 0.25) is 0 Å². The number of halogens is 1. The third-order valence-electron chi connectivity index (χ3n) is 2.44. The molecular weight excluding hydrogens is 327 g/mol. The predicted octanol–water partition coefficient (Wildman–Crippen LogP) is 0.616. The first-order valence-electron chi connectivity index (χ1n) is 6.76. The van der Waals surface area contributed by atoms with Gasteiger partial charge in [-0.25, -0.2) is 4.39 Å². The molecule has 0 aromatic heterocycles. The number of carboxylic acid groups (broad SMARTS) is 1. The summed E-state index contributed by atoms with van der Waals surface area (Å²) in [7, 11) is 0. The molecule has 0 radical (unpaired) electrons. The van der Waals surface area contributed by atoms with Gasteiger partial charge in [0.15, 0.2) is 11.6 Å². The van der Waals surface area contributed by atoms with Crippen LogP contribution in [0.2, 0.25) is 0 Å². The van der Waals surface area contributed by atoms with Crippen molar-refractivity contribution in [3.63, 3.8) is 0 Å². The van der Waals surface area contributed by atoms with Gasteiger partial charge in [0.05, 0.1) is 17.0 Å². The lowest BCUT2D eigenvalue weighted by Crippen LogP contribution is -2.29. The van der Waals surface area contributed by atoms with Crippen molar-refractivity contribution in [3.8, 4) is 5.75 Å². The van der Waals surface area contributed by atoms with E-state index in [9.17, 15) is 29.2 Å². The highest BCUT2D eigenvalue weighted by molar-refractivity contribution is 5.77. The molecule has 0 aliphatic carbocycles. The standard InChI is InChI=1S/C14H17FN2O7/c1-14(2,3)24-13(20)6-16-9-4-8(15)11(23-7-12(18)19)5-10(9)17(21)22/h4-5,16H,6-7H2,1-3H3,(H,18,19)/p-1. The molecule has 132 valence electrons. The topological polar surface area (TPSA) is 131 Å². The largest absolute Gasteiger partial charge is 0.546 e. The van der Waals surface area contributed by atoms with Crippen LogP contribution in [0.25, 0.3) is 0 Å². The number of carboxylic acids is 1. The fraction of sp³-hybridized carbons (Fsp3) is 0.429. The second-order valence-corrected chi connectivity index (χ2v) is 5.66. The molecule has 0 heterocycles. The molecule has 24 heavy (non-hydrogen) atoms. The molecule has 0 aliphatic rings. The number of benzene rings is 1. The van der Waals surface area contributed by atoms with Gasteiger partial charge < -0.3 is 24.7 Å². The van der Waals surface area contributed by atoms with Crippen LogP contribution < -0.4 is 15.2 Å². The first-order chi connectivity index (χ1) is 11.0. The number of nitrogens with one attached hydrogen (secondary N) is 1. The molecule has 1 aromatic carbocycles. The van der Waals surface area contributed by atoms with Crippen molar-refractivity contribution < 1.29 is 33.5 Å². The molecule has 0 fully saturated rings. The van der Waals surface area contributed by atoms with Crippen LogP contribution >= 0.6 is 0 Å². The highest BCUT2D eigenvalue weighted by Crippen LogP contribution is 2.32. The monoisotopic (exact) mass is 343 g/mol. The summed E-state index contributed by atoms with van der Waals surface area (Å²) in [6.45, 7) is 3.57. The quantitative estimate of drug-likeness (QED) is 0.433. The predicted molar refractivity (Wildman–Crippen MR) is 77.9 cm³/mol. The minimum Gasteiger partial charge on any atom is -0.546 e. The minimum absolute atomic E-state index is 0.274. The number of hydrogen-bond acceptors (Lipinski definition) is 8. The van der Waals surface area contributed by atoms with E-state index in [4.69, 9.17) is 4.74 Å². The molecule has 0 amide bonds. The molecule has 1 aromatic rings. The third-order valence-corrected chi connectivity index (χ3v) is 2.44. The molecule has 1 N–H and O–H groups in total. The maximum absolute atomic E-state index is 13.8. The molecule has 0 unspecified atom stereocenters. The van der Waals surface area contributed by atoms with Crippen LogP contribution in [-0.4, -0.2) is 35.6 Å². The van der Waals surface area contributed by atoms with Gasteiger partial charge >= 0.3 is 5.97 Å². The Labute approximate surface area is 136 Å². The molecule has 0 bridgehead atoms. The number of nitro groups is 1. The molecule has 0 saturated heterocycles. The summed E-state index contributed by atoms with van der Waals surface area (Å²) < 4.78 is 23.4. The fourth-order valence-electron chi connectivity index (χ4n) is 1.63. The van der Waals surface area contributed by atoms with Crippen LogP contribution in [0.4, 0.5) is 15.8 Å². The molecule has 0 spiro atoms. The molecule has 0 saturated carbocycles. The van der Waals surface area contributed by atoms with E-state index in [0.717, 1.165) is 12.1 Å². The highest BCUT2D eigenvalue weighted by atomic mass is 19.1. The van der Waals surface area contributed by atoms with Crippen molar-refractivity contribution in [1.82, 2.24) is 0 Å². The Morgan fingerprint density at radius 2 is 1.96 bits per heavy atom. The number of carbonyl (C=O) groups excluding carboxylic acids is 2. The van der Waals surface area contributed by atoms with Crippen LogP contribution in [0.5, 0.6) is 5.75 Å². The summed E-state index contributed by atoms with van der Waals surface area (Å²) in [6.07, 6.45) is 0. The van der Waals surface area contributed by atoms with Gasteiger partial charge in [-0.1, -0.05) is 0 Å². The average Bonchev–Trinajstić information content (AvgIpc) is 2.41. The maximum Gasteiger partial charge on any atom is 0.325 e. The molecule has 10 heteroatoms. The molecular formula is C14H16FN2O7-. The number of esters is 1. The minimum atomic E-state index is -1.61. The number of nitrogens with zero attached hydrogens (tertiary/aromatic N) is 1. The van der Waals surface area contributed by atoms with Crippen molar-refractivity contribution in [2.75, 3.05) is 18.5 Å². The number of aliphatic carboxylic acids is 1. The van der Waals surface area contributed by atoms with E-state index in [-0.39, 0.29) is 5.69 Å². The SMILES string of the molecule is CC(C)(C)OC(=O)CNc1cc(F)c(OCC(=O)[O-])cc1[N+](=O)[O-]. The fourth-order valence-corrected chi connectivity index (χ4v) is 1.63. The third kappa shape index (κ3) is 6.07. The summed E-state index contributed by atoms with van der Waals surface area (Å²) in [5, 5.41) is 23.8. The molecule has 1 rings (SSSR count). The van der Waals surface area contributed by atoms with Crippen molar-refractivity contribution in [2.24, 2.45) is 0 Å². The Morgan fingerprint density at radius 1 is 1.33 bits per heavy atom. The second kappa shape index (κ2) is 7.57. The summed E-state index contributed by atoms with van der Waals surface area (Å²) in [5.41, 5.74) is -1.60. The zero-order valence-electron chi connectivity index (χ0n) is 13.3. The van der Waals surface area contributed by atoms with E-state index in [2.05, 4.69) is 10.1 Å². The van der Waals surface area contributed by atoms with Crippen molar-refractivity contribution >= 4 is 23.3 Å². The van der Waals surface area contributed by atoms with Crippen LogP contribution in [0.15, 0.2) is 12.1 Å². The van der Waals surface area contributed by atoms with Gasteiger partial charge in [-0.3, -0.25) is 14.9 Å². The summed E-state index contributed by atoms with van der Waals surface area (Å²) in [4.78, 5) is 32.1. The zero-order chi connectivity index (χ0) is 18.5. The van der Waals surface area contributed by atoms with Gasteiger partial charge in [0, 0.05) is 6.07 Å². The first-order valence-corrected chi connectivity index (χ1v) is 6.76. The molecule has 0 aliphatic heterocycles. The molecule has 0 atom stereocenters. The van der Waals surface area contributed by atoms with Crippen LogP contribution in [0.1, 0.15) is 20.8 Å². The summed E-state index contributed by atoms with van der Waals surface area (Å²) in [6, 6.07) is 1.45. The lowest BCUT2D eigenvalue weighted by molar-refractivity contribution is -0.384. The Hall–Kier alpha value is -2.91. The smallest absolute Gasteiger partial charge is 0.325 e. The number of nitro benzene ring substituents is 1. The number of anilines is 1.